The van der Waals surface area contributed by atoms with Crippen LogP contribution in [0.1, 0.15) is 39.2 Å². The molecule has 1 aromatic heterocycles. The summed E-state index contributed by atoms with van der Waals surface area (Å²) in [6.07, 6.45) is -3.42. The van der Waals surface area contributed by atoms with Gasteiger partial charge in [-0.2, -0.15) is 13.2 Å². The van der Waals surface area contributed by atoms with Crippen LogP contribution in [0.2, 0.25) is 0 Å². The molecule has 0 aromatic carbocycles. The van der Waals surface area contributed by atoms with Crippen molar-refractivity contribution in [2.24, 2.45) is 0 Å². The number of aromatic nitrogens is 1. The lowest BCUT2D eigenvalue weighted by molar-refractivity contribution is -0.137. The molecule has 0 radical (unpaired) electrons. The highest BCUT2D eigenvalue weighted by Gasteiger charge is 2.32. The smallest absolute Gasteiger partial charge is 0.388 e. The average Bonchev–Trinajstić information content (AvgIpc) is 2.44. The van der Waals surface area contributed by atoms with Gasteiger partial charge in [0.05, 0.1) is 11.2 Å². The van der Waals surface area contributed by atoms with E-state index in [9.17, 15) is 18.3 Å². The Morgan fingerprint density at radius 3 is 2.00 bits per heavy atom. The van der Waals surface area contributed by atoms with E-state index in [2.05, 4.69) is 15.6 Å². The number of aliphatic hydroxyl groups is 1. The van der Waals surface area contributed by atoms with Crippen LogP contribution in [0.25, 0.3) is 0 Å². The molecule has 1 heterocycles. The summed E-state index contributed by atoms with van der Waals surface area (Å²) in [5.74, 6) is 0.257. The Balaban J connectivity index is 2.98. The van der Waals surface area contributed by atoms with Crippen molar-refractivity contribution in [3.05, 3.63) is 17.7 Å². The van der Waals surface area contributed by atoms with Gasteiger partial charge in [0.25, 0.3) is 0 Å². The van der Waals surface area contributed by atoms with Crippen molar-refractivity contribution in [3.63, 3.8) is 0 Å². The number of nitrogens with one attached hydrogen (secondary N) is 2. The third-order valence-electron chi connectivity index (χ3n) is 3.43. The Labute approximate surface area is 122 Å². The van der Waals surface area contributed by atoms with Gasteiger partial charge >= 0.3 is 6.18 Å². The first kappa shape index (κ1) is 17.6. The van der Waals surface area contributed by atoms with Crippen LogP contribution in [0.15, 0.2) is 12.1 Å². The fourth-order valence-corrected chi connectivity index (χ4v) is 1.81. The first-order chi connectivity index (χ1) is 9.74. The molecule has 0 aliphatic rings. The molecule has 0 aliphatic heterocycles. The van der Waals surface area contributed by atoms with Crippen LogP contribution in [0.3, 0.4) is 0 Å². The summed E-state index contributed by atoms with van der Waals surface area (Å²) in [4.78, 5) is 4.07. The summed E-state index contributed by atoms with van der Waals surface area (Å²) >= 11 is 0. The first-order valence-electron chi connectivity index (χ1n) is 7.03. The lowest BCUT2D eigenvalue weighted by Crippen LogP contribution is -2.35. The van der Waals surface area contributed by atoms with Crippen LogP contribution in [0, 0.1) is 0 Å². The fourth-order valence-electron chi connectivity index (χ4n) is 1.81. The lowest BCUT2D eigenvalue weighted by Gasteiger charge is -2.26. The van der Waals surface area contributed by atoms with E-state index < -0.39 is 17.3 Å². The molecule has 1 rings (SSSR count). The predicted molar refractivity (Wildman–Crippen MR) is 77.4 cm³/mol. The number of rotatable bonds is 7. The van der Waals surface area contributed by atoms with Crippen molar-refractivity contribution < 1.29 is 18.3 Å². The van der Waals surface area contributed by atoms with Crippen LogP contribution in [-0.4, -0.2) is 28.8 Å². The summed E-state index contributed by atoms with van der Waals surface area (Å²) in [6, 6.07) is 1.92. The van der Waals surface area contributed by atoms with Crippen molar-refractivity contribution >= 4 is 11.6 Å². The molecule has 0 amide bonds. The van der Waals surface area contributed by atoms with E-state index in [4.69, 9.17) is 0 Å². The molecule has 0 fully saturated rings. The molecule has 120 valence electrons. The summed E-state index contributed by atoms with van der Waals surface area (Å²) < 4.78 is 38.6. The minimum absolute atomic E-state index is 0.0982. The third-order valence-corrected chi connectivity index (χ3v) is 3.43. The Kier molecular flexibility index (Phi) is 5.83. The zero-order valence-corrected chi connectivity index (χ0v) is 12.5. The molecule has 0 atom stereocenters. The summed E-state index contributed by atoms with van der Waals surface area (Å²) in [7, 11) is 0. The van der Waals surface area contributed by atoms with Crippen LogP contribution >= 0.6 is 0 Å². The largest absolute Gasteiger partial charge is 0.416 e. The zero-order valence-electron chi connectivity index (χ0n) is 12.5. The number of halogens is 3. The highest BCUT2D eigenvalue weighted by Crippen LogP contribution is 2.32. The summed E-state index contributed by atoms with van der Waals surface area (Å²) in [5.41, 5.74) is -1.72. The SMILES string of the molecule is CCNc1cc(C(F)(F)F)cc(NCC(O)(CC)CC)n1. The van der Waals surface area contributed by atoms with Crippen LogP contribution < -0.4 is 10.6 Å². The van der Waals surface area contributed by atoms with Crippen molar-refractivity contribution in [3.8, 4) is 0 Å². The van der Waals surface area contributed by atoms with Gasteiger partial charge in [-0.05, 0) is 31.9 Å². The molecular formula is C14H22F3N3O. The monoisotopic (exact) mass is 305 g/mol. The number of hydrogen-bond acceptors (Lipinski definition) is 4. The molecule has 7 heteroatoms. The van der Waals surface area contributed by atoms with E-state index >= 15 is 0 Å². The van der Waals surface area contributed by atoms with Crippen molar-refractivity contribution in [2.75, 3.05) is 23.7 Å². The minimum atomic E-state index is -4.44. The highest BCUT2D eigenvalue weighted by atomic mass is 19.4. The Morgan fingerprint density at radius 2 is 1.57 bits per heavy atom. The number of nitrogens with zero attached hydrogens (tertiary/aromatic N) is 1. The van der Waals surface area contributed by atoms with Crippen LogP contribution in [0.4, 0.5) is 24.8 Å². The number of hydrogen-bond donors (Lipinski definition) is 3. The predicted octanol–water partition coefficient (Wildman–Crippen LogP) is 3.50. The molecule has 0 unspecified atom stereocenters. The average molecular weight is 305 g/mol. The van der Waals surface area contributed by atoms with E-state index in [1.165, 1.54) is 0 Å². The maximum absolute atomic E-state index is 12.9. The van der Waals surface area contributed by atoms with Gasteiger partial charge in [-0.25, -0.2) is 4.98 Å². The van der Waals surface area contributed by atoms with Crippen molar-refractivity contribution in [2.45, 2.75) is 45.4 Å². The molecule has 0 aliphatic carbocycles. The van der Waals surface area contributed by atoms with E-state index in [0.717, 1.165) is 12.1 Å². The van der Waals surface area contributed by atoms with Gasteiger partial charge in [0.1, 0.15) is 11.6 Å². The van der Waals surface area contributed by atoms with Crippen molar-refractivity contribution in [1.29, 1.82) is 0 Å². The minimum Gasteiger partial charge on any atom is -0.388 e. The molecular weight excluding hydrogens is 283 g/mol. The molecule has 3 N–H and O–H groups in total. The van der Waals surface area contributed by atoms with E-state index in [-0.39, 0.29) is 18.2 Å². The molecule has 0 saturated heterocycles. The number of alkyl halides is 3. The number of anilines is 2. The van der Waals surface area contributed by atoms with E-state index in [1.54, 1.807) is 6.92 Å². The van der Waals surface area contributed by atoms with Crippen molar-refractivity contribution in [1.82, 2.24) is 4.98 Å². The van der Waals surface area contributed by atoms with Gasteiger partial charge in [0, 0.05) is 13.1 Å². The topological polar surface area (TPSA) is 57.2 Å². The van der Waals surface area contributed by atoms with Gasteiger partial charge in [-0.15, -0.1) is 0 Å². The van der Waals surface area contributed by atoms with Crippen LogP contribution in [0.5, 0.6) is 0 Å². The second-order valence-electron chi connectivity index (χ2n) is 4.94. The Morgan fingerprint density at radius 1 is 1.05 bits per heavy atom. The standard InChI is InChI=1S/C14H22F3N3O/c1-4-13(21,5-2)9-19-12-8-10(14(15,16)17)7-11(20-12)18-6-3/h7-8,21H,4-6,9H2,1-3H3,(H2,18,19,20). The molecule has 0 spiro atoms. The second-order valence-corrected chi connectivity index (χ2v) is 4.94. The number of pyridine rings is 1. The summed E-state index contributed by atoms with van der Waals surface area (Å²) in [5, 5.41) is 15.7. The van der Waals surface area contributed by atoms with Gasteiger partial charge in [0.2, 0.25) is 0 Å². The van der Waals surface area contributed by atoms with Gasteiger partial charge in [0.15, 0.2) is 0 Å². The Bertz CT molecular complexity index is 459. The highest BCUT2D eigenvalue weighted by molar-refractivity contribution is 5.50. The zero-order chi connectivity index (χ0) is 16.1. The molecule has 0 bridgehead atoms. The second kappa shape index (κ2) is 6.98. The molecule has 0 saturated carbocycles. The normalized spacial score (nSPS) is 12.3. The quantitative estimate of drug-likeness (QED) is 0.722. The Hall–Kier alpha value is -1.50. The first-order valence-corrected chi connectivity index (χ1v) is 7.03. The maximum Gasteiger partial charge on any atom is 0.416 e. The third kappa shape index (κ3) is 5.08. The van der Waals surface area contributed by atoms with E-state index in [0.29, 0.717) is 19.4 Å². The van der Waals surface area contributed by atoms with Gasteiger partial charge in [-0.3, -0.25) is 0 Å². The van der Waals surface area contributed by atoms with Gasteiger partial charge in [-0.1, -0.05) is 13.8 Å². The molecule has 21 heavy (non-hydrogen) atoms. The van der Waals surface area contributed by atoms with Crippen LogP contribution in [-0.2, 0) is 6.18 Å². The lowest BCUT2D eigenvalue weighted by atomic mass is 9.98. The molecule has 1 aromatic rings. The van der Waals surface area contributed by atoms with E-state index in [1.807, 2.05) is 13.8 Å². The van der Waals surface area contributed by atoms with Gasteiger partial charge < -0.3 is 15.7 Å². The molecule has 4 nitrogen and oxygen atoms in total. The maximum atomic E-state index is 12.9. The summed E-state index contributed by atoms with van der Waals surface area (Å²) in [6.45, 7) is 6.06. The fraction of sp³-hybridized carbons (Fsp3) is 0.643.